The monoisotopic (exact) mass is 669 g/mol. The number of furan rings is 2. The first-order valence-electron chi connectivity index (χ1n) is 13.9. The number of rotatable bonds is 6. The van der Waals surface area contributed by atoms with Gasteiger partial charge in [0, 0.05) is 23.3 Å². The first kappa shape index (κ1) is 25.7. The summed E-state index contributed by atoms with van der Waals surface area (Å²) >= 11 is -0.900. The predicted molar refractivity (Wildman–Crippen MR) is 165 cm³/mol. The fourth-order valence-corrected chi connectivity index (χ4v) is 7.77. The van der Waals surface area contributed by atoms with Gasteiger partial charge in [-0.25, -0.2) is 0 Å². The van der Waals surface area contributed by atoms with Gasteiger partial charge in [0.1, 0.15) is 0 Å². The van der Waals surface area contributed by atoms with E-state index in [1.165, 1.54) is 0 Å². The van der Waals surface area contributed by atoms with Crippen molar-refractivity contribution >= 4 is 54.7 Å². The smallest absolute Gasteiger partial charge is 0.414 e. The van der Waals surface area contributed by atoms with Crippen LogP contribution in [0, 0.1) is 7.53 Å². The van der Waals surface area contributed by atoms with Gasteiger partial charge < -0.3 is 8.83 Å². The molecule has 0 radical (unpaired) electrons. The van der Waals surface area contributed by atoms with E-state index in [1.54, 1.807) is 12.1 Å². The summed E-state index contributed by atoms with van der Waals surface area (Å²) in [5.41, 5.74) is 1.28. The molecule has 0 N–H and O–H groups in total. The van der Waals surface area contributed by atoms with Crippen LogP contribution in [-0.2, 0) is 0 Å². The molecular formula is C38H22IO4+. The van der Waals surface area contributed by atoms with Gasteiger partial charge in [0.15, 0.2) is 11.5 Å². The van der Waals surface area contributed by atoms with Gasteiger partial charge in [0.25, 0.3) is 0 Å². The van der Waals surface area contributed by atoms with Crippen LogP contribution in [0.4, 0.5) is 0 Å². The lowest BCUT2D eigenvalue weighted by molar-refractivity contribution is -0.636. The molecule has 0 spiro atoms. The van der Waals surface area contributed by atoms with Crippen LogP contribution >= 0.6 is 0 Å². The van der Waals surface area contributed by atoms with Crippen molar-refractivity contribution in [2.45, 2.75) is 0 Å². The van der Waals surface area contributed by atoms with Crippen molar-refractivity contribution in [2.24, 2.45) is 0 Å². The highest BCUT2D eigenvalue weighted by atomic mass is 127. The molecule has 0 fully saturated rings. The van der Waals surface area contributed by atoms with Gasteiger partial charge in [-0.2, -0.15) is 0 Å². The average molecular weight is 669 g/mol. The Morgan fingerprint density at radius 1 is 0.419 bits per heavy atom. The first-order valence-corrected chi connectivity index (χ1v) is 16.0. The molecule has 2 aromatic heterocycles. The fourth-order valence-electron chi connectivity index (χ4n) is 5.83. The second-order valence-corrected chi connectivity index (χ2v) is 13.0. The molecular weight excluding hydrogens is 647 g/mol. The van der Waals surface area contributed by atoms with Crippen LogP contribution < -0.4 is 21.2 Å². The number of carbonyl (C=O) groups excluding carboxylic acids is 2. The lowest BCUT2D eigenvalue weighted by Crippen LogP contribution is -3.61. The van der Waals surface area contributed by atoms with Gasteiger partial charge in [-0.05, 0) is 67.4 Å². The van der Waals surface area contributed by atoms with E-state index in [-0.39, 0.29) is 11.6 Å². The first-order chi connectivity index (χ1) is 21.1. The van der Waals surface area contributed by atoms with Crippen molar-refractivity contribution in [1.29, 1.82) is 0 Å². The summed E-state index contributed by atoms with van der Waals surface area (Å²) < 4.78 is 13.6. The maximum Gasteiger partial charge on any atom is 0.443 e. The van der Waals surface area contributed by atoms with Gasteiger partial charge in [0.05, 0.1) is 0 Å². The number of carbonyl (C=O) groups is 2. The molecule has 0 amide bonds. The molecule has 6 aromatic carbocycles. The van der Waals surface area contributed by atoms with Crippen LogP contribution in [0.2, 0.25) is 0 Å². The minimum absolute atomic E-state index is 0.151. The third-order valence-electron chi connectivity index (χ3n) is 7.78. The summed E-state index contributed by atoms with van der Waals surface area (Å²) in [4.78, 5) is 27.7. The fraction of sp³-hybridized carbons (Fsp3) is 0. The van der Waals surface area contributed by atoms with E-state index in [9.17, 15) is 9.59 Å². The summed E-state index contributed by atoms with van der Waals surface area (Å²) in [6.45, 7) is 0. The third-order valence-corrected chi connectivity index (χ3v) is 10.00. The standard InChI is InChI=1S/C38H22IO4/c40-37(35-27-13-5-1-9-23(27)21-24-10-2-6-14-28(24)35)31-17-19-33(42-31)39-34-20-18-32(43-34)38(41)36-29-15-7-3-11-25(29)22-26-12-4-8-16-30(26)36/h1-22H/q+1. The van der Waals surface area contributed by atoms with Crippen molar-refractivity contribution in [1.82, 2.24) is 0 Å². The Balaban J connectivity index is 1.11. The van der Waals surface area contributed by atoms with E-state index in [4.69, 9.17) is 8.83 Å². The Kier molecular flexibility index (Phi) is 6.19. The molecule has 0 saturated carbocycles. The summed E-state index contributed by atoms with van der Waals surface area (Å²) in [6.07, 6.45) is 0. The van der Waals surface area contributed by atoms with Crippen molar-refractivity contribution in [3.05, 3.63) is 164 Å². The van der Waals surface area contributed by atoms with E-state index in [2.05, 4.69) is 12.1 Å². The molecule has 0 aliphatic carbocycles. The molecule has 0 aliphatic heterocycles. The van der Waals surface area contributed by atoms with Crippen LogP contribution in [0.15, 0.2) is 142 Å². The van der Waals surface area contributed by atoms with Crippen molar-refractivity contribution in [3.8, 4) is 0 Å². The Morgan fingerprint density at radius 2 is 0.744 bits per heavy atom. The molecule has 8 aromatic rings. The van der Waals surface area contributed by atoms with Gasteiger partial charge in [-0.1, -0.05) is 97.1 Å². The second-order valence-electron chi connectivity index (χ2n) is 10.3. The summed E-state index contributed by atoms with van der Waals surface area (Å²) in [5.74, 6) is 0.283. The molecule has 8 rings (SSSR count). The van der Waals surface area contributed by atoms with Crippen LogP contribution in [-0.4, -0.2) is 11.6 Å². The van der Waals surface area contributed by atoms with Crippen LogP contribution in [0.3, 0.4) is 0 Å². The normalized spacial score (nSPS) is 11.5. The Hall–Kier alpha value is -5.01. The van der Waals surface area contributed by atoms with Crippen molar-refractivity contribution in [3.63, 3.8) is 0 Å². The predicted octanol–water partition coefficient (Wildman–Crippen LogP) is 6.08. The molecule has 0 unspecified atom stereocenters. The summed E-state index contributed by atoms with van der Waals surface area (Å²) in [7, 11) is 0. The maximum absolute atomic E-state index is 13.9. The van der Waals surface area contributed by atoms with E-state index in [0.29, 0.717) is 30.2 Å². The third kappa shape index (κ3) is 4.44. The molecule has 0 atom stereocenters. The zero-order valence-corrected chi connectivity index (χ0v) is 24.9. The molecule has 0 bridgehead atoms. The lowest BCUT2D eigenvalue weighted by atomic mass is 9.93. The highest BCUT2D eigenvalue weighted by Gasteiger charge is 2.29. The molecule has 4 nitrogen and oxygen atoms in total. The Labute approximate surface area is 256 Å². The van der Waals surface area contributed by atoms with E-state index in [0.717, 1.165) is 43.1 Å². The average Bonchev–Trinajstić information content (AvgIpc) is 3.72. The maximum atomic E-state index is 13.9. The van der Waals surface area contributed by atoms with Gasteiger partial charge >= 0.3 is 28.7 Å². The van der Waals surface area contributed by atoms with Crippen molar-refractivity contribution in [2.75, 3.05) is 0 Å². The van der Waals surface area contributed by atoms with Crippen LogP contribution in [0.5, 0.6) is 0 Å². The van der Waals surface area contributed by atoms with Crippen LogP contribution in [0.1, 0.15) is 32.2 Å². The molecule has 0 saturated heterocycles. The zero-order chi connectivity index (χ0) is 28.9. The minimum atomic E-state index is -0.900. The molecule has 2 heterocycles. The Morgan fingerprint density at radius 3 is 1.09 bits per heavy atom. The number of hydrogen-bond donors (Lipinski definition) is 0. The van der Waals surface area contributed by atoms with Gasteiger partial charge in [0.2, 0.25) is 11.6 Å². The number of fused-ring (bicyclic) bond motifs is 4. The number of halogens is 1. The molecule has 43 heavy (non-hydrogen) atoms. The number of ketones is 2. The van der Waals surface area contributed by atoms with E-state index >= 15 is 0 Å². The molecule has 0 aliphatic rings. The number of hydrogen-bond acceptors (Lipinski definition) is 4. The quantitative estimate of drug-likeness (QED) is 0.123. The van der Waals surface area contributed by atoms with Gasteiger partial charge in [-0.15, -0.1) is 0 Å². The molecule has 5 heteroatoms. The highest BCUT2D eigenvalue weighted by molar-refractivity contribution is 6.24. The van der Waals surface area contributed by atoms with Gasteiger partial charge in [-0.3, -0.25) is 9.59 Å². The molecule has 204 valence electrons. The summed E-state index contributed by atoms with van der Waals surface area (Å²) in [5, 5.41) is 7.63. The number of benzene rings is 6. The van der Waals surface area contributed by atoms with E-state index < -0.39 is 21.2 Å². The SMILES string of the molecule is O=C(c1ccc([I+]c2ccc(C(=O)c3c4ccccc4cc4ccccc34)o2)o1)c1c2ccccc2cc2ccccc12. The van der Waals surface area contributed by atoms with Crippen LogP contribution in [0.25, 0.3) is 43.1 Å². The van der Waals surface area contributed by atoms with E-state index in [1.807, 2.05) is 109 Å². The lowest BCUT2D eigenvalue weighted by Gasteiger charge is -2.09. The largest absolute Gasteiger partial charge is 0.443 e. The zero-order valence-electron chi connectivity index (χ0n) is 22.7. The minimum Gasteiger partial charge on any atom is -0.414 e. The van der Waals surface area contributed by atoms with Crippen molar-refractivity contribution < 1.29 is 39.6 Å². The Bertz CT molecular complexity index is 2100. The second kappa shape index (κ2) is 10.4. The summed E-state index contributed by atoms with van der Waals surface area (Å²) in [6, 6.07) is 43.1. The highest BCUT2D eigenvalue weighted by Crippen LogP contribution is 2.32. The topological polar surface area (TPSA) is 60.4 Å².